The molecule has 4 heterocycles. The Kier molecular flexibility index (Phi) is 4.90. The number of aliphatic hydroxyl groups excluding tert-OH is 1. The summed E-state index contributed by atoms with van der Waals surface area (Å²) in [6, 6.07) is 14.4. The fourth-order valence-corrected chi connectivity index (χ4v) is 6.20. The molecular weight excluding hydrogens is 465 g/mol. The van der Waals surface area contributed by atoms with Crippen LogP contribution in [-0.2, 0) is 14.3 Å². The molecule has 3 aromatic rings. The Morgan fingerprint density at radius 3 is 2.81 bits per heavy atom. The fourth-order valence-electron chi connectivity index (χ4n) is 6.20. The number of nitriles is 1. The van der Waals surface area contributed by atoms with Gasteiger partial charge in [-0.05, 0) is 43.3 Å². The summed E-state index contributed by atoms with van der Waals surface area (Å²) in [6.07, 6.45) is 1.03. The molecule has 36 heavy (non-hydrogen) atoms. The normalized spacial score (nSPS) is 30.6. The molecule has 2 bridgehead atoms. The SMILES string of the molecule is C[C@@]12O[C@@](CCOc3cccc(F)c3)(C[C@H]1O)[C@@H]1C(=O)N(c3ccc(C#N)c4ncccc34)C(=O)[C@@H]12. The van der Waals surface area contributed by atoms with Gasteiger partial charge >= 0.3 is 0 Å². The summed E-state index contributed by atoms with van der Waals surface area (Å²) in [5, 5.41) is 20.9. The molecule has 1 N–H and O–H groups in total. The van der Waals surface area contributed by atoms with Gasteiger partial charge in [0.2, 0.25) is 11.8 Å². The summed E-state index contributed by atoms with van der Waals surface area (Å²) in [5.41, 5.74) is -1.24. The summed E-state index contributed by atoms with van der Waals surface area (Å²) >= 11 is 0. The maximum atomic E-state index is 13.9. The molecule has 182 valence electrons. The molecule has 1 aromatic heterocycles. The van der Waals surface area contributed by atoms with Crippen LogP contribution in [0.15, 0.2) is 54.7 Å². The minimum absolute atomic E-state index is 0.112. The van der Waals surface area contributed by atoms with Crippen molar-refractivity contribution < 1.29 is 28.6 Å². The molecule has 0 saturated carbocycles. The lowest BCUT2D eigenvalue weighted by Crippen LogP contribution is -2.49. The van der Waals surface area contributed by atoms with Crippen molar-refractivity contribution in [2.75, 3.05) is 11.5 Å². The number of ether oxygens (including phenoxy) is 2. The predicted molar refractivity (Wildman–Crippen MR) is 125 cm³/mol. The number of fused-ring (bicyclic) bond motifs is 6. The third kappa shape index (κ3) is 3.01. The Labute approximate surface area is 205 Å². The van der Waals surface area contributed by atoms with Crippen LogP contribution >= 0.6 is 0 Å². The quantitative estimate of drug-likeness (QED) is 0.550. The highest BCUT2D eigenvalue weighted by atomic mass is 19.1. The van der Waals surface area contributed by atoms with Crippen LogP contribution in [0.2, 0.25) is 0 Å². The van der Waals surface area contributed by atoms with Gasteiger partial charge < -0.3 is 14.6 Å². The smallest absolute Gasteiger partial charge is 0.240 e. The van der Waals surface area contributed by atoms with Gasteiger partial charge in [0.25, 0.3) is 0 Å². The van der Waals surface area contributed by atoms with E-state index in [2.05, 4.69) is 11.1 Å². The van der Waals surface area contributed by atoms with Crippen LogP contribution in [-0.4, -0.2) is 45.8 Å². The Hall–Kier alpha value is -3.87. The summed E-state index contributed by atoms with van der Waals surface area (Å²) in [7, 11) is 0. The molecule has 0 radical (unpaired) electrons. The molecule has 3 fully saturated rings. The van der Waals surface area contributed by atoms with Gasteiger partial charge in [0.15, 0.2) is 0 Å². The van der Waals surface area contributed by atoms with E-state index in [1.165, 1.54) is 18.2 Å². The number of carbonyl (C=O) groups is 2. The van der Waals surface area contributed by atoms with E-state index in [-0.39, 0.29) is 19.4 Å². The van der Waals surface area contributed by atoms with Gasteiger partial charge in [0.1, 0.15) is 23.2 Å². The second-order valence-corrected chi connectivity index (χ2v) is 9.74. The molecule has 0 aliphatic carbocycles. The summed E-state index contributed by atoms with van der Waals surface area (Å²) < 4.78 is 25.6. The lowest BCUT2D eigenvalue weighted by Gasteiger charge is -2.33. The molecule has 0 unspecified atom stereocenters. The Morgan fingerprint density at radius 1 is 1.22 bits per heavy atom. The number of benzene rings is 2. The van der Waals surface area contributed by atoms with Gasteiger partial charge in [-0.3, -0.25) is 14.6 Å². The van der Waals surface area contributed by atoms with Gasteiger partial charge in [-0.15, -0.1) is 0 Å². The molecule has 5 atom stereocenters. The van der Waals surface area contributed by atoms with Crippen molar-refractivity contribution in [3.05, 3.63) is 66.1 Å². The highest BCUT2D eigenvalue weighted by Gasteiger charge is 2.77. The third-order valence-electron chi connectivity index (χ3n) is 7.81. The van der Waals surface area contributed by atoms with Gasteiger partial charge in [0, 0.05) is 30.5 Å². The summed E-state index contributed by atoms with van der Waals surface area (Å²) in [5.74, 6) is -2.63. The van der Waals surface area contributed by atoms with Crippen LogP contribution in [0.3, 0.4) is 0 Å². The first-order valence-corrected chi connectivity index (χ1v) is 11.7. The lowest BCUT2D eigenvalue weighted by atomic mass is 9.66. The topological polar surface area (TPSA) is 113 Å². The number of aromatic nitrogens is 1. The molecule has 2 aromatic carbocycles. The number of imide groups is 1. The maximum Gasteiger partial charge on any atom is 0.240 e. The highest BCUT2D eigenvalue weighted by molar-refractivity contribution is 6.26. The number of carbonyl (C=O) groups excluding carboxylic acids is 2. The lowest BCUT2D eigenvalue weighted by molar-refractivity contribution is -0.134. The average molecular weight is 487 g/mol. The summed E-state index contributed by atoms with van der Waals surface area (Å²) in [4.78, 5) is 33.1. The van der Waals surface area contributed by atoms with Crippen molar-refractivity contribution in [2.45, 2.75) is 37.1 Å². The van der Waals surface area contributed by atoms with Crippen LogP contribution in [0, 0.1) is 29.0 Å². The maximum absolute atomic E-state index is 13.9. The predicted octanol–water partition coefficient (Wildman–Crippen LogP) is 3.11. The monoisotopic (exact) mass is 487 g/mol. The van der Waals surface area contributed by atoms with E-state index in [0.717, 1.165) is 4.90 Å². The number of halogens is 1. The van der Waals surface area contributed by atoms with Crippen molar-refractivity contribution in [2.24, 2.45) is 11.8 Å². The van der Waals surface area contributed by atoms with Crippen molar-refractivity contribution in [1.29, 1.82) is 5.26 Å². The second kappa shape index (κ2) is 7.82. The molecule has 3 aliphatic rings. The largest absolute Gasteiger partial charge is 0.493 e. The van der Waals surface area contributed by atoms with Crippen LogP contribution < -0.4 is 9.64 Å². The minimum Gasteiger partial charge on any atom is -0.493 e. The highest BCUT2D eigenvalue weighted by Crippen LogP contribution is 2.62. The zero-order chi connectivity index (χ0) is 25.2. The number of pyridine rings is 1. The van der Waals surface area contributed by atoms with Gasteiger partial charge in [-0.25, -0.2) is 9.29 Å². The van der Waals surface area contributed by atoms with Crippen LogP contribution in [0.25, 0.3) is 10.9 Å². The van der Waals surface area contributed by atoms with Crippen molar-refractivity contribution in [3.63, 3.8) is 0 Å². The Morgan fingerprint density at radius 2 is 2.03 bits per heavy atom. The first-order chi connectivity index (χ1) is 17.3. The van der Waals surface area contributed by atoms with Gasteiger partial charge in [0.05, 0.1) is 46.9 Å². The van der Waals surface area contributed by atoms with E-state index in [1.54, 1.807) is 43.5 Å². The molecule has 3 saturated heterocycles. The number of amides is 2. The zero-order valence-electron chi connectivity index (χ0n) is 19.3. The molecule has 3 aliphatic heterocycles. The van der Waals surface area contributed by atoms with E-state index < -0.39 is 46.8 Å². The van der Waals surface area contributed by atoms with Crippen LogP contribution in [0.4, 0.5) is 10.1 Å². The number of hydrogen-bond donors (Lipinski definition) is 1. The fraction of sp³-hybridized carbons (Fsp3) is 0.333. The zero-order valence-corrected chi connectivity index (χ0v) is 19.3. The Balaban J connectivity index is 1.36. The second-order valence-electron chi connectivity index (χ2n) is 9.74. The number of nitrogens with zero attached hydrogens (tertiary/aromatic N) is 3. The molecule has 6 rings (SSSR count). The van der Waals surface area contributed by atoms with Crippen LogP contribution in [0.5, 0.6) is 5.75 Å². The van der Waals surface area contributed by atoms with Gasteiger partial charge in [-0.2, -0.15) is 5.26 Å². The standard InChI is InChI=1S/C27H22FN3O5/c1-26-20(32)13-27(36-26,9-11-35-17-5-2-4-16(28)12-17)22-21(26)24(33)31(25(22)34)19-8-7-15(14-29)23-18(19)6-3-10-30-23/h2-8,10,12,20-22,32H,9,11,13H2,1H3/t20-,21-,22+,26-,27+/m1/s1. The average Bonchev–Trinajstić information content (AvgIpc) is 3.39. The third-order valence-corrected chi connectivity index (χ3v) is 7.81. The van der Waals surface area contributed by atoms with E-state index in [9.17, 15) is 24.3 Å². The molecule has 8 nitrogen and oxygen atoms in total. The van der Waals surface area contributed by atoms with E-state index in [0.29, 0.717) is 27.9 Å². The number of rotatable bonds is 5. The first kappa shape index (κ1) is 22.6. The van der Waals surface area contributed by atoms with Crippen molar-refractivity contribution in [3.8, 4) is 11.8 Å². The van der Waals surface area contributed by atoms with Gasteiger partial charge in [-0.1, -0.05) is 6.07 Å². The van der Waals surface area contributed by atoms with Crippen LogP contribution in [0.1, 0.15) is 25.3 Å². The van der Waals surface area contributed by atoms with Crippen molar-refractivity contribution >= 4 is 28.4 Å². The first-order valence-electron chi connectivity index (χ1n) is 11.7. The van der Waals surface area contributed by atoms with Crippen molar-refractivity contribution in [1.82, 2.24) is 4.98 Å². The van der Waals surface area contributed by atoms with E-state index in [4.69, 9.17) is 9.47 Å². The number of aliphatic hydroxyl groups is 1. The molecule has 0 spiro atoms. The number of hydrogen-bond acceptors (Lipinski definition) is 7. The molecule has 2 amide bonds. The Bertz CT molecular complexity index is 1470. The minimum atomic E-state index is -1.23. The molecule has 9 heteroatoms. The van der Waals surface area contributed by atoms with E-state index >= 15 is 0 Å². The van der Waals surface area contributed by atoms with E-state index in [1.807, 2.05) is 0 Å². The summed E-state index contributed by atoms with van der Waals surface area (Å²) in [6.45, 7) is 1.78. The molecular formula is C27H22FN3O5. The number of anilines is 1.